The van der Waals surface area contributed by atoms with Gasteiger partial charge in [-0.15, -0.1) is 0 Å². The van der Waals surface area contributed by atoms with Gasteiger partial charge in [-0.25, -0.2) is 0 Å². The van der Waals surface area contributed by atoms with Crippen molar-refractivity contribution in [2.75, 3.05) is 20.7 Å². The van der Waals surface area contributed by atoms with Crippen molar-refractivity contribution < 1.29 is 4.74 Å². The predicted molar refractivity (Wildman–Crippen MR) is 70.1 cm³/mol. The first-order chi connectivity index (χ1) is 7.44. The lowest BCUT2D eigenvalue weighted by molar-refractivity contribution is 0.235. The van der Waals surface area contributed by atoms with E-state index in [0.29, 0.717) is 0 Å². The summed E-state index contributed by atoms with van der Waals surface area (Å²) in [6.07, 6.45) is 0. The minimum atomic E-state index is 0.191. The Morgan fingerprint density at radius 3 is 2.69 bits per heavy atom. The summed E-state index contributed by atoms with van der Waals surface area (Å²) >= 11 is 3.55. The van der Waals surface area contributed by atoms with Crippen LogP contribution >= 0.6 is 15.9 Å². The van der Waals surface area contributed by atoms with Gasteiger partial charge in [0.15, 0.2) is 0 Å². The molecule has 0 aromatic heterocycles. The Kier molecular flexibility index (Phi) is 3.01. The number of halogens is 1. The van der Waals surface area contributed by atoms with E-state index in [9.17, 15) is 0 Å². The smallest absolute Gasteiger partial charge is 0.133 e. The van der Waals surface area contributed by atoms with Crippen molar-refractivity contribution in [3.05, 3.63) is 27.7 Å². The van der Waals surface area contributed by atoms with Gasteiger partial charge >= 0.3 is 0 Å². The Bertz CT molecular complexity index is 415. The first kappa shape index (κ1) is 11.9. The van der Waals surface area contributed by atoms with Crippen LogP contribution < -0.4 is 4.74 Å². The fourth-order valence-electron chi connectivity index (χ4n) is 2.62. The lowest BCUT2D eigenvalue weighted by Crippen LogP contribution is -2.39. The number of fused-ring (bicyclic) bond motifs is 1. The molecule has 16 heavy (non-hydrogen) atoms. The molecular weight excluding hydrogens is 266 g/mol. The van der Waals surface area contributed by atoms with Crippen LogP contribution in [0.5, 0.6) is 5.75 Å². The topological polar surface area (TPSA) is 12.5 Å². The van der Waals surface area contributed by atoms with Crippen LogP contribution in [0.4, 0.5) is 0 Å². The third kappa shape index (κ3) is 1.98. The van der Waals surface area contributed by atoms with Crippen LogP contribution in [0.25, 0.3) is 0 Å². The van der Waals surface area contributed by atoms with Crippen LogP contribution in [0.2, 0.25) is 0 Å². The second-order valence-electron chi connectivity index (χ2n) is 5.20. The van der Waals surface area contributed by atoms with Crippen molar-refractivity contribution in [2.24, 2.45) is 0 Å². The van der Waals surface area contributed by atoms with Crippen molar-refractivity contribution >= 4 is 15.9 Å². The molecule has 0 saturated heterocycles. The Morgan fingerprint density at radius 2 is 2.06 bits per heavy atom. The van der Waals surface area contributed by atoms with E-state index in [0.717, 1.165) is 23.3 Å². The molecule has 1 aliphatic heterocycles. The van der Waals surface area contributed by atoms with Crippen molar-refractivity contribution in [3.63, 3.8) is 0 Å². The van der Waals surface area contributed by atoms with Crippen LogP contribution in [0.3, 0.4) is 0 Å². The zero-order valence-corrected chi connectivity index (χ0v) is 11.9. The molecule has 1 aromatic rings. The molecule has 0 radical (unpaired) electrons. The van der Waals surface area contributed by atoms with E-state index in [1.807, 2.05) is 0 Å². The lowest BCUT2D eigenvalue weighted by Gasteiger charge is -2.38. The number of likely N-dealkylation sites (N-methyl/N-ethyl adjacent to an activating group) is 1. The maximum absolute atomic E-state index is 5.37. The second-order valence-corrected chi connectivity index (χ2v) is 6.05. The fourth-order valence-corrected chi connectivity index (χ4v) is 3.17. The number of benzene rings is 1. The van der Waals surface area contributed by atoms with Gasteiger partial charge in [-0.3, -0.25) is 0 Å². The second kappa shape index (κ2) is 4.04. The summed E-state index contributed by atoms with van der Waals surface area (Å²) in [5, 5.41) is 0. The van der Waals surface area contributed by atoms with Gasteiger partial charge in [-0.2, -0.15) is 0 Å². The van der Waals surface area contributed by atoms with Gasteiger partial charge in [-0.1, -0.05) is 13.8 Å². The van der Waals surface area contributed by atoms with Gasteiger partial charge in [0.05, 0.1) is 11.6 Å². The highest BCUT2D eigenvalue weighted by molar-refractivity contribution is 9.10. The fraction of sp³-hybridized carbons (Fsp3) is 0.538. The highest BCUT2D eigenvalue weighted by Crippen LogP contribution is 2.38. The third-order valence-electron chi connectivity index (χ3n) is 3.21. The largest absolute Gasteiger partial charge is 0.496 e. The number of ether oxygens (including phenoxy) is 1. The molecule has 0 bridgehead atoms. The van der Waals surface area contributed by atoms with Gasteiger partial charge in [0.25, 0.3) is 0 Å². The molecule has 0 unspecified atom stereocenters. The van der Waals surface area contributed by atoms with E-state index in [-0.39, 0.29) is 5.41 Å². The van der Waals surface area contributed by atoms with Crippen LogP contribution in [0.15, 0.2) is 16.6 Å². The quantitative estimate of drug-likeness (QED) is 0.785. The molecule has 0 N–H and O–H groups in total. The molecule has 0 amide bonds. The van der Waals surface area contributed by atoms with Gasteiger partial charge in [0, 0.05) is 18.5 Å². The Labute approximate surface area is 106 Å². The van der Waals surface area contributed by atoms with Crippen LogP contribution in [-0.2, 0) is 12.0 Å². The molecule has 3 heteroatoms. The predicted octanol–water partition coefficient (Wildman–Crippen LogP) is 3.18. The molecule has 1 aromatic carbocycles. The normalized spacial score (nSPS) is 19.3. The van der Waals surface area contributed by atoms with Crippen molar-refractivity contribution in [1.29, 1.82) is 0 Å². The summed E-state index contributed by atoms with van der Waals surface area (Å²) in [7, 11) is 3.89. The monoisotopic (exact) mass is 283 g/mol. The number of hydrogen-bond acceptors (Lipinski definition) is 2. The lowest BCUT2D eigenvalue weighted by atomic mass is 9.78. The zero-order valence-electron chi connectivity index (χ0n) is 10.3. The van der Waals surface area contributed by atoms with Crippen LogP contribution in [0, 0.1) is 0 Å². The minimum Gasteiger partial charge on any atom is -0.496 e. The van der Waals surface area contributed by atoms with Gasteiger partial charge in [0.2, 0.25) is 0 Å². The summed E-state index contributed by atoms with van der Waals surface area (Å²) in [6, 6.07) is 4.36. The first-order valence-electron chi connectivity index (χ1n) is 5.49. The third-order valence-corrected chi connectivity index (χ3v) is 3.83. The Morgan fingerprint density at radius 1 is 1.38 bits per heavy atom. The summed E-state index contributed by atoms with van der Waals surface area (Å²) in [5.41, 5.74) is 2.99. The maximum Gasteiger partial charge on any atom is 0.133 e. The molecule has 88 valence electrons. The SMILES string of the molecule is COc1cc2c(cc1Br)CN(C)CC2(C)C. The van der Waals surface area contributed by atoms with E-state index < -0.39 is 0 Å². The zero-order chi connectivity index (χ0) is 11.9. The molecule has 0 spiro atoms. The van der Waals surface area contributed by atoms with E-state index in [1.165, 1.54) is 11.1 Å². The average molecular weight is 284 g/mol. The van der Waals surface area contributed by atoms with Gasteiger partial charge in [0.1, 0.15) is 5.75 Å². The molecule has 2 rings (SSSR count). The highest BCUT2D eigenvalue weighted by Gasteiger charge is 2.31. The van der Waals surface area contributed by atoms with Crippen molar-refractivity contribution in [1.82, 2.24) is 4.90 Å². The summed E-state index contributed by atoms with van der Waals surface area (Å²) in [4.78, 5) is 2.36. The summed E-state index contributed by atoms with van der Waals surface area (Å²) in [6.45, 7) is 6.68. The molecule has 0 fully saturated rings. The molecule has 0 atom stereocenters. The maximum atomic E-state index is 5.37. The standard InChI is InChI=1S/C13H18BrNO/c1-13(2)8-15(3)7-9-5-11(14)12(16-4)6-10(9)13/h5-6H,7-8H2,1-4H3. The number of methoxy groups -OCH3 is 1. The van der Waals surface area contributed by atoms with E-state index in [4.69, 9.17) is 4.74 Å². The van der Waals surface area contributed by atoms with Gasteiger partial charge < -0.3 is 9.64 Å². The summed E-state index contributed by atoms with van der Waals surface area (Å²) in [5.74, 6) is 0.927. The molecule has 1 aliphatic rings. The van der Waals surface area contributed by atoms with Crippen molar-refractivity contribution in [3.8, 4) is 5.75 Å². The Hall–Kier alpha value is -0.540. The van der Waals surface area contributed by atoms with E-state index in [1.54, 1.807) is 7.11 Å². The highest BCUT2D eigenvalue weighted by atomic mass is 79.9. The van der Waals surface area contributed by atoms with Crippen molar-refractivity contribution in [2.45, 2.75) is 25.8 Å². The van der Waals surface area contributed by atoms with E-state index >= 15 is 0 Å². The average Bonchev–Trinajstić information content (AvgIpc) is 2.15. The number of nitrogens with zero attached hydrogens (tertiary/aromatic N) is 1. The summed E-state index contributed by atoms with van der Waals surface area (Å²) < 4.78 is 6.41. The molecule has 0 saturated carbocycles. The van der Waals surface area contributed by atoms with Gasteiger partial charge in [-0.05, 0) is 46.2 Å². The molecule has 2 nitrogen and oxygen atoms in total. The molecular formula is C13H18BrNO. The number of rotatable bonds is 1. The Balaban J connectivity index is 2.56. The first-order valence-corrected chi connectivity index (χ1v) is 6.29. The minimum absolute atomic E-state index is 0.191. The number of hydrogen-bond donors (Lipinski definition) is 0. The van der Waals surface area contributed by atoms with Crippen LogP contribution in [-0.4, -0.2) is 25.6 Å². The molecule has 0 aliphatic carbocycles. The molecule has 1 heterocycles. The van der Waals surface area contributed by atoms with E-state index in [2.05, 4.69) is 53.9 Å². The van der Waals surface area contributed by atoms with Crippen LogP contribution in [0.1, 0.15) is 25.0 Å².